The van der Waals surface area contributed by atoms with Crippen molar-refractivity contribution in [3.8, 4) is 0 Å². The van der Waals surface area contributed by atoms with Crippen molar-refractivity contribution in [3.63, 3.8) is 0 Å². The number of aliphatic hydroxyl groups is 1. The number of aliphatic hydroxyl groups excluding tert-OH is 1. The molecule has 62 valence electrons. The molecule has 0 fully saturated rings. The molecule has 0 aliphatic rings. The minimum Gasteiger partial charge on any atom is -0.394 e. The molecule has 4 heteroatoms. The van der Waals surface area contributed by atoms with Crippen molar-refractivity contribution in [2.75, 3.05) is 6.61 Å². The van der Waals surface area contributed by atoms with Crippen LogP contribution in [0.4, 0.5) is 0 Å². The average molecular weight is 155 g/mol. The van der Waals surface area contributed by atoms with Gasteiger partial charge in [0, 0.05) is 18.9 Å². The van der Waals surface area contributed by atoms with E-state index in [1.807, 2.05) is 17.7 Å². The molecule has 11 heavy (non-hydrogen) atoms. The molecule has 0 saturated carbocycles. The summed E-state index contributed by atoms with van der Waals surface area (Å²) in [7, 11) is 0. The van der Waals surface area contributed by atoms with Crippen LogP contribution in [0, 0.1) is 0 Å². The van der Waals surface area contributed by atoms with Crippen LogP contribution in [0.15, 0.2) is 12.4 Å². The fraction of sp³-hybridized carbons (Fsp3) is 0.571. The molecule has 0 amide bonds. The van der Waals surface area contributed by atoms with Crippen molar-refractivity contribution in [2.24, 2.45) is 5.73 Å². The van der Waals surface area contributed by atoms with Gasteiger partial charge in [-0.25, -0.2) is 4.98 Å². The first kappa shape index (κ1) is 8.23. The number of nitrogens with zero attached hydrogens (tertiary/aromatic N) is 2. The summed E-state index contributed by atoms with van der Waals surface area (Å²) in [5.74, 6) is 0.745. The van der Waals surface area contributed by atoms with Crippen LogP contribution in [0.5, 0.6) is 0 Å². The van der Waals surface area contributed by atoms with Gasteiger partial charge in [0.1, 0.15) is 5.82 Å². The van der Waals surface area contributed by atoms with Crippen LogP contribution >= 0.6 is 0 Å². The summed E-state index contributed by atoms with van der Waals surface area (Å²) in [5.41, 5.74) is 5.58. The van der Waals surface area contributed by atoms with Crippen molar-refractivity contribution >= 4 is 0 Å². The van der Waals surface area contributed by atoms with Crippen molar-refractivity contribution in [3.05, 3.63) is 18.2 Å². The molecule has 1 aromatic rings. The predicted octanol–water partition coefficient (Wildman–Crippen LogP) is -0.105. The van der Waals surface area contributed by atoms with E-state index in [1.54, 1.807) is 6.20 Å². The fourth-order valence-corrected chi connectivity index (χ4v) is 0.998. The Morgan fingerprint density at radius 1 is 1.82 bits per heavy atom. The first-order valence-electron chi connectivity index (χ1n) is 3.67. The standard InChI is InChI=1S/C7H13N3O/c1-2-10-4-3-9-7(10)6(8)5-11/h3-4,6,11H,2,5,8H2,1H3. The summed E-state index contributed by atoms with van der Waals surface area (Å²) in [6.07, 6.45) is 3.54. The van der Waals surface area contributed by atoms with Crippen molar-refractivity contribution in [1.82, 2.24) is 9.55 Å². The lowest BCUT2D eigenvalue weighted by molar-refractivity contribution is 0.261. The Balaban J connectivity index is 2.83. The third kappa shape index (κ3) is 1.58. The highest BCUT2D eigenvalue weighted by molar-refractivity contribution is 4.97. The largest absolute Gasteiger partial charge is 0.394 e. The SMILES string of the molecule is CCn1ccnc1C(N)CO. The Bertz CT molecular complexity index is 221. The van der Waals surface area contributed by atoms with Gasteiger partial charge in [0.25, 0.3) is 0 Å². The molecule has 1 rings (SSSR count). The number of imidazole rings is 1. The molecule has 1 aromatic heterocycles. The molecule has 0 aliphatic heterocycles. The van der Waals surface area contributed by atoms with Gasteiger partial charge in [-0.15, -0.1) is 0 Å². The van der Waals surface area contributed by atoms with Crippen LogP contribution in [0.3, 0.4) is 0 Å². The molecule has 0 spiro atoms. The van der Waals surface area contributed by atoms with E-state index in [1.165, 1.54) is 0 Å². The molecule has 1 heterocycles. The topological polar surface area (TPSA) is 64.1 Å². The molecule has 0 aromatic carbocycles. The maximum Gasteiger partial charge on any atom is 0.127 e. The number of nitrogens with two attached hydrogens (primary N) is 1. The first-order valence-corrected chi connectivity index (χ1v) is 3.67. The number of aromatic nitrogens is 2. The van der Waals surface area contributed by atoms with Gasteiger partial charge in [-0.2, -0.15) is 0 Å². The maximum absolute atomic E-state index is 8.75. The summed E-state index contributed by atoms with van der Waals surface area (Å²) in [5, 5.41) is 8.75. The zero-order valence-electron chi connectivity index (χ0n) is 6.57. The molecule has 0 aliphatic carbocycles. The van der Waals surface area contributed by atoms with Gasteiger partial charge < -0.3 is 15.4 Å². The van der Waals surface area contributed by atoms with Gasteiger partial charge in [-0.1, -0.05) is 0 Å². The van der Waals surface area contributed by atoms with E-state index in [0.29, 0.717) is 0 Å². The van der Waals surface area contributed by atoms with Gasteiger partial charge in [0.05, 0.1) is 12.6 Å². The van der Waals surface area contributed by atoms with E-state index >= 15 is 0 Å². The second kappa shape index (κ2) is 3.50. The Labute approximate surface area is 65.7 Å². The van der Waals surface area contributed by atoms with Gasteiger partial charge in [-0.05, 0) is 6.92 Å². The molecule has 3 N–H and O–H groups in total. The molecule has 0 saturated heterocycles. The van der Waals surface area contributed by atoms with Crippen LogP contribution in [-0.4, -0.2) is 21.3 Å². The minimum absolute atomic E-state index is 0.0585. The smallest absolute Gasteiger partial charge is 0.127 e. The van der Waals surface area contributed by atoms with Gasteiger partial charge in [0.2, 0.25) is 0 Å². The number of hydrogen-bond acceptors (Lipinski definition) is 3. The Morgan fingerprint density at radius 3 is 3.09 bits per heavy atom. The van der Waals surface area contributed by atoms with Crippen LogP contribution in [0.1, 0.15) is 18.8 Å². The summed E-state index contributed by atoms with van der Waals surface area (Å²) in [6.45, 7) is 2.79. The monoisotopic (exact) mass is 155 g/mol. The molecular formula is C7H13N3O. The van der Waals surface area contributed by atoms with E-state index in [-0.39, 0.29) is 12.6 Å². The molecule has 0 bridgehead atoms. The second-order valence-electron chi connectivity index (χ2n) is 2.36. The van der Waals surface area contributed by atoms with E-state index in [9.17, 15) is 0 Å². The predicted molar refractivity (Wildman–Crippen MR) is 41.9 cm³/mol. The normalized spacial score (nSPS) is 13.4. The van der Waals surface area contributed by atoms with Gasteiger partial charge in [-0.3, -0.25) is 0 Å². The highest BCUT2D eigenvalue weighted by Gasteiger charge is 2.09. The lowest BCUT2D eigenvalue weighted by Gasteiger charge is -2.08. The zero-order chi connectivity index (χ0) is 8.27. The number of rotatable bonds is 3. The minimum atomic E-state index is -0.357. The van der Waals surface area contributed by atoms with Crippen LogP contribution in [0.25, 0.3) is 0 Å². The summed E-state index contributed by atoms with van der Waals surface area (Å²) in [4.78, 5) is 4.04. The molecular weight excluding hydrogens is 142 g/mol. The number of aryl methyl sites for hydroxylation is 1. The third-order valence-corrected chi connectivity index (χ3v) is 1.62. The number of hydrogen-bond donors (Lipinski definition) is 2. The maximum atomic E-state index is 8.75. The fourth-order valence-electron chi connectivity index (χ4n) is 0.998. The highest BCUT2D eigenvalue weighted by Crippen LogP contribution is 2.05. The molecule has 1 atom stereocenters. The first-order chi connectivity index (χ1) is 5.29. The quantitative estimate of drug-likeness (QED) is 0.640. The second-order valence-corrected chi connectivity index (χ2v) is 2.36. The lowest BCUT2D eigenvalue weighted by atomic mass is 10.3. The van der Waals surface area contributed by atoms with Gasteiger partial charge >= 0.3 is 0 Å². The molecule has 4 nitrogen and oxygen atoms in total. The summed E-state index contributed by atoms with van der Waals surface area (Å²) >= 11 is 0. The summed E-state index contributed by atoms with van der Waals surface area (Å²) < 4.78 is 1.92. The third-order valence-electron chi connectivity index (χ3n) is 1.62. The molecule has 0 radical (unpaired) electrons. The zero-order valence-corrected chi connectivity index (χ0v) is 6.57. The Hall–Kier alpha value is -0.870. The summed E-state index contributed by atoms with van der Waals surface area (Å²) in [6, 6.07) is -0.357. The van der Waals surface area contributed by atoms with E-state index in [0.717, 1.165) is 12.4 Å². The van der Waals surface area contributed by atoms with E-state index in [4.69, 9.17) is 10.8 Å². The Morgan fingerprint density at radius 2 is 2.55 bits per heavy atom. The van der Waals surface area contributed by atoms with Gasteiger partial charge in [0.15, 0.2) is 0 Å². The Kier molecular flexibility index (Phi) is 2.62. The van der Waals surface area contributed by atoms with Crippen molar-refractivity contribution in [2.45, 2.75) is 19.5 Å². The van der Waals surface area contributed by atoms with Crippen LogP contribution in [-0.2, 0) is 6.54 Å². The van der Waals surface area contributed by atoms with E-state index in [2.05, 4.69) is 4.98 Å². The van der Waals surface area contributed by atoms with Crippen LogP contribution in [0.2, 0.25) is 0 Å². The van der Waals surface area contributed by atoms with Crippen molar-refractivity contribution < 1.29 is 5.11 Å². The highest BCUT2D eigenvalue weighted by atomic mass is 16.3. The van der Waals surface area contributed by atoms with Crippen molar-refractivity contribution in [1.29, 1.82) is 0 Å². The van der Waals surface area contributed by atoms with Crippen LogP contribution < -0.4 is 5.73 Å². The lowest BCUT2D eigenvalue weighted by Crippen LogP contribution is -2.19. The van der Waals surface area contributed by atoms with E-state index < -0.39 is 0 Å². The molecule has 1 unspecified atom stereocenters. The average Bonchev–Trinajstić information content (AvgIpc) is 2.50.